The molecular formula is C8H15N3O. The summed E-state index contributed by atoms with van der Waals surface area (Å²) >= 11 is 0. The SMILES string of the molecule is CCC(N)C(C)c1nc(C)no1. The highest BCUT2D eigenvalue weighted by Gasteiger charge is 2.18. The molecule has 1 heterocycles. The van der Waals surface area contributed by atoms with Gasteiger partial charge in [0.1, 0.15) is 0 Å². The molecule has 2 unspecified atom stereocenters. The quantitative estimate of drug-likeness (QED) is 0.738. The summed E-state index contributed by atoms with van der Waals surface area (Å²) in [7, 11) is 0. The fourth-order valence-corrected chi connectivity index (χ4v) is 1.03. The molecule has 1 rings (SSSR count). The van der Waals surface area contributed by atoms with Gasteiger partial charge in [-0.2, -0.15) is 4.98 Å². The number of nitrogens with zero attached hydrogens (tertiary/aromatic N) is 2. The number of rotatable bonds is 3. The molecule has 0 aliphatic carbocycles. The van der Waals surface area contributed by atoms with E-state index in [0.717, 1.165) is 6.42 Å². The summed E-state index contributed by atoms with van der Waals surface area (Å²) in [4.78, 5) is 4.12. The molecule has 68 valence electrons. The van der Waals surface area contributed by atoms with E-state index in [1.807, 2.05) is 13.8 Å². The van der Waals surface area contributed by atoms with E-state index in [1.54, 1.807) is 6.92 Å². The van der Waals surface area contributed by atoms with E-state index in [-0.39, 0.29) is 12.0 Å². The zero-order valence-electron chi connectivity index (χ0n) is 7.74. The van der Waals surface area contributed by atoms with Gasteiger partial charge in [0.25, 0.3) is 0 Å². The summed E-state index contributed by atoms with van der Waals surface area (Å²) in [6.07, 6.45) is 0.919. The average Bonchev–Trinajstić information content (AvgIpc) is 2.49. The molecule has 12 heavy (non-hydrogen) atoms. The van der Waals surface area contributed by atoms with Crippen molar-refractivity contribution >= 4 is 0 Å². The van der Waals surface area contributed by atoms with Crippen molar-refractivity contribution < 1.29 is 4.52 Å². The van der Waals surface area contributed by atoms with E-state index in [4.69, 9.17) is 10.3 Å². The molecule has 0 saturated heterocycles. The Morgan fingerprint density at radius 2 is 2.25 bits per heavy atom. The highest BCUT2D eigenvalue weighted by molar-refractivity contribution is 4.95. The van der Waals surface area contributed by atoms with Gasteiger partial charge >= 0.3 is 0 Å². The van der Waals surface area contributed by atoms with E-state index < -0.39 is 0 Å². The highest BCUT2D eigenvalue weighted by atomic mass is 16.5. The summed E-state index contributed by atoms with van der Waals surface area (Å²) in [5.41, 5.74) is 5.83. The molecule has 0 radical (unpaired) electrons. The van der Waals surface area contributed by atoms with Gasteiger partial charge in [-0.05, 0) is 13.3 Å². The van der Waals surface area contributed by atoms with Crippen LogP contribution in [0.4, 0.5) is 0 Å². The fraction of sp³-hybridized carbons (Fsp3) is 0.750. The molecule has 1 aromatic heterocycles. The van der Waals surface area contributed by atoms with E-state index >= 15 is 0 Å². The zero-order chi connectivity index (χ0) is 9.14. The average molecular weight is 169 g/mol. The molecule has 0 bridgehead atoms. The maximum absolute atomic E-state index is 5.83. The molecule has 0 aromatic carbocycles. The van der Waals surface area contributed by atoms with E-state index in [2.05, 4.69) is 10.1 Å². The lowest BCUT2D eigenvalue weighted by Crippen LogP contribution is -2.25. The molecular weight excluding hydrogens is 154 g/mol. The fourth-order valence-electron chi connectivity index (χ4n) is 1.03. The second kappa shape index (κ2) is 3.67. The van der Waals surface area contributed by atoms with Crippen LogP contribution in [0.2, 0.25) is 0 Å². The van der Waals surface area contributed by atoms with Crippen LogP contribution in [0.5, 0.6) is 0 Å². The molecule has 0 amide bonds. The van der Waals surface area contributed by atoms with Crippen LogP contribution in [0.15, 0.2) is 4.52 Å². The third kappa shape index (κ3) is 1.82. The van der Waals surface area contributed by atoms with Gasteiger partial charge in [0, 0.05) is 6.04 Å². The summed E-state index contributed by atoms with van der Waals surface area (Å²) in [6.45, 7) is 5.85. The van der Waals surface area contributed by atoms with Crippen LogP contribution >= 0.6 is 0 Å². The molecule has 0 saturated carbocycles. The van der Waals surface area contributed by atoms with Crippen LogP contribution in [0.1, 0.15) is 37.9 Å². The Bertz CT molecular complexity index is 246. The third-order valence-corrected chi connectivity index (χ3v) is 2.05. The number of hydrogen-bond donors (Lipinski definition) is 1. The first-order valence-electron chi connectivity index (χ1n) is 4.21. The standard InChI is InChI=1S/C8H15N3O/c1-4-7(9)5(2)8-10-6(3)11-12-8/h5,7H,4,9H2,1-3H3. The monoisotopic (exact) mass is 169 g/mol. The van der Waals surface area contributed by atoms with Crippen LogP contribution < -0.4 is 5.73 Å². The lowest BCUT2D eigenvalue weighted by molar-refractivity contribution is 0.337. The minimum Gasteiger partial charge on any atom is -0.339 e. The molecule has 4 heteroatoms. The largest absolute Gasteiger partial charge is 0.339 e. The second-order valence-electron chi connectivity index (χ2n) is 3.04. The second-order valence-corrected chi connectivity index (χ2v) is 3.04. The first-order valence-corrected chi connectivity index (χ1v) is 4.21. The first-order chi connectivity index (χ1) is 5.65. The van der Waals surface area contributed by atoms with Gasteiger partial charge in [-0.3, -0.25) is 0 Å². The van der Waals surface area contributed by atoms with Crippen molar-refractivity contribution in [1.29, 1.82) is 0 Å². The van der Waals surface area contributed by atoms with Crippen LogP contribution in [0.25, 0.3) is 0 Å². The van der Waals surface area contributed by atoms with E-state index in [0.29, 0.717) is 11.7 Å². The number of aryl methyl sites for hydroxylation is 1. The van der Waals surface area contributed by atoms with Crippen molar-refractivity contribution in [2.24, 2.45) is 5.73 Å². The Kier molecular flexibility index (Phi) is 2.81. The van der Waals surface area contributed by atoms with Gasteiger partial charge in [0.2, 0.25) is 5.89 Å². The zero-order valence-corrected chi connectivity index (χ0v) is 7.74. The summed E-state index contributed by atoms with van der Waals surface area (Å²) in [6, 6.07) is 0.102. The van der Waals surface area contributed by atoms with Crippen molar-refractivity contribution in [2.45, 2.75) is 39.2 Å². The number of nitrogens with two attached hydrogens (primary N) is 1. The van der Waals surface area contributed by atoms with Crippen molar-refractivity contribution in [3.8, 4) is 0 Å². The maximum atomic E-state index is 5.83. The maximum Gasteiger partial charge on any atom is 0.231 e. The highest BCUT2D eigenvalue weighted by Crippen LogP contribution is 2.17. The van der Waals surface area contributed by atoms with Gasteiger partial charge < -0.3 is 10.3 Å². The minimum absolute atomic E-state index is 0.102. The Labute approximate surface area is 72.1 Å². The molecule has 0 fully saturated rings. The van der Waals surface area contributed by atoms with E-state index in [9.17, 15) is 0 Å². The lowest BCUT2D eigenvalue weighted by atomic mass is 10.0. The minimum atomic E-state index is 0.102. The van der Waals surface area contributed by atoms with Crippen molar-refractivity contribution in [3.63, 3.8) is 0 Å². The molecule has 2 atom stereocenters. The van der Waals surface area contributed by atoms with Crippen LogP contribution in [0.3, 0.4) is 0 Å². The van der Waals surface area contributed by atoms with Gasteiger partial charge in [0.15, 0.2) is 5.82 Å². The van der Waals surface area contributed by atoms with Gasteiger partial charge in [-0.25, -0.2) is 0 Å². The van der Waals surface area contributed by atoms with Gasteiger partial charge in [-0.15, -0.1) is 0 Å². The van der Waals surface area contributed by atoms with Crippen molar-refractivity contribution in [2.75, 3.05) is 0 Å². The molecule has 0 spiro atoms. The first kappa shape index (κ1) is 9.19. The Morgan fingerprint density at radius 3 is 2.67 bits per heavy atom. The summed E-state index contributed by atoms with van der Waals surface area (Å²) in [5.74, 6) is 1.46. The van der Waals surface area contributed by atoms with Crippen LogP contribution in [-0.2, 0) is 0 Å². The number of hydrogen-bond acceptors (Lipinski definition) is 4. The lowest BCUT2D eigenvalue weighted by Gasteiger charge is -2.12. The normalized spacial score (nSPS) is 16.0. The molecule has 2 N–H and O–H groups in total. The van der Waals surface area contributed by atoms with Gasteiger partial charge in [-0.1, -0.05) is 19.0 Å². The Hall–Kier alpha value is -0.900. The van der Waals surface area contributed by atoms with Crippen molar-refractivity contribution in [3.05, 3.63) is 11.7 Å². The molecule has 1 aromatic rings. The molecule has 0 aliphatic heterocycles. The van der Waals surface area contributed by atoms with Crippen LogP contribution in [0, 0.1) is 6.92 Å². The predicted molar refractivity (Wildman–Crippen MR) is 45.7 cm³/mol. The van der Waals surface area contributed by atoms with Gasteiger partial charge in [0.05, 0.1) is 5.92 Å². The predicted octanol–water partition coefficient (Wildman–Crippen LogP) is 1.22. The third-order valence-electron chi connectivity index (χ3n) is 2.05. The molecule has 4 nitrogen and oxygen atoms in total. The topological polar surface area (TPSA) is 64.9 Å². The van der Waals surface area contributed by atoms with E-state index in [1.165, 1.54) is 0 Å². The molecule has 0 aliphatic rings. The van der Waals surface area contributed by atoms with Crippen LogP contribution in [-0.4, -0.2) is 16.2 Å². The summed E-state index contributed by atoms with van der Waals surface area (Å²) < 4.78 is 5.01. The van der Waals surface area contributed by atoms with Crippen molar-refractivity contribution in [1.82, 2.24) is 10.1 Å². The number of aromatic nitrogens is 2. The Morgan fingerprint density at radius 1 is 1.58 bits per heavy atom. The summed E-state index contributed by atoms with van der Waals surface area (Å²) in [5, 5.41) is 3.71. The smallest absolute Gasteiger partial charge is 0.231 e. The Balaban J connectivity index is 2.70.